The highest BCUT2D eigenvalue weighted by Crippen LogP contribution is 2.27. The molecule has 0 unspecified atom stereocenters. The standard InChI is InChI=1S/C19H20N2O2S/c1-14-12-16(20-18(22)8-5-15-9-11-24-13-15)6-7-17(14)21-10-3-2-4-19(21)23/h5-9,11-13H,2-4,10H2,1H3,(H,20,22)/b8-5+. The van der Waals surface area contributed by atoms with Crippen molar-refractivity contribution >= 4 is 40.6 Å². The number of hydrogen-bond acceptors (Lipinski definition) is 3. The van der Waals surface area contributed by atoms with Gasteiger partial charge in [-0.1, -0.05) is 0 Å². The summed E-state index contributed by atoms with van der Waals surface area (Å²) in [4.78, 5) is 25.9. The maximum atomic E-state index is 12.1. The summed E-state index contributed by atoms with van der Waals surface area (Å²) in [5.74, 6) is 0.0160. The summed E-state index contributed by atoms with van der Waals surface area (Å²) in [6.07, 6.45) is 5.94. The normalized spacial score (nSPS) is 15.0. The Morgan fingerprint density at radius 2 is 2.17 bits per heavy atom. The first-order valence-corrected chi connectivity index (χ1v) is 9.00. The minimum atomic E-state index is -0.164. The molecule has 4 nitrogen and oxygen atoms in total. The van der Waals surface area contributed by atoms with Gasteiger partial charge in [-0.2, -0.15) is 11.3 Å². The van der Waals surface area contributed by atoms with Gasteiger partial charge in [0.2, 0.25) is 11.8 Å². The fourth-order valence-electron chi connectivity index (χ4n) is 2.82. The van der Waals surface area contributed by atoms with Crippen molar-refractivity contribution in [3.8, 4) is 0 Å². The van der Waals surface area contributed by atoms with Crippen LogP contribution in [0.2, 0.25) is 0 Å². The smallest absolute Gasteiger partial charge is 0.248 e. The predicted octanol–water partition coefficient (Wildman–Crippen LogP) is 4.23. The van der Waals surface area contributed by atoms with Crippen molar-refractivity contribution in [2.45, 2.75) is 26.2 Å². The molecule has 1 aromatic heterocycles. The number of nitrogens with zero attached hydrogens (tertiary/aromatic N) is 1. The van der Waals surface area contributed by atoms with Crippen molar-refractivity contribution in [2.24, 2.45) is 0 Å². The Kier molecular flexibility index (Phi) is 5.11. The Morgan fingerprint density at radius 1 is 1.29 bits per heavy atom. The number of benzene rings is 1. The molecule has 0 spiro atoms. The summed E-state index contributed by atoms with van der Waals surface area (Å²) in [6.45, 7) is 2.74. The van der Waals surface area contributed by atoms with E-state index in [1.165, 1.54) is 6.08 Å². The molecule has 1 aliphatic rings. The first-order chi connectivity index (χ1) is 11.6. The van der Waals surface area contributed by atoms with Crippen LogP contribution in [-0.2, 0) is 9.59 Å². The molecule has 1 aliphatic heterocycles. The molecule has 24 heavy (non-hydrogen) atoms. The molecule has 3 rings (SSSR count). The van der Waals surface area contributed by atoms with E-state index in [4.69, 9.17) is 0 Å². The van der Waals surface area contributed by atoms with Crippen molar-refractivity contribution in [2.75, 3.05) is 16.8 Å². The monoisotopic (exact) mass is 340 g/mol. The Labute approximate surface area is 145 Å². The molecule has 5 heteroatoms. The first-order valence-electron chi connectivity index (χ1n) is 8.06. The number of carbonyl (C=O) groups is 2. The van der Waals surface area contributed by atoms with Crippen LogP contribution in [0.15, 0.2) is 41.1 Å². The Bertz CT molecular complexity index is 766. The second-order valence-corrected chi connectivity index (χ2v) is 6.66. The lowest BCUT2D eigenvalue weighted by Crippen LogP contribution is -2.35. The summed E-state index contributed by atoms with van der Waals surface area (Å²) in [5, 5.41) is 6.82. The van der Waals surface area contributed by atoms with Gasteiger partial charge in [0.05, 0.1) is 0 Å². The van der Waals surface area contributed by atoms with Crippen LogP contribution in [0, 0.1) is 6.92 Å². The highest BCUT2D eigenvalue weighted by Gasteiger charge is 2.20. The average Bonchev–Trinajstić information content (AvgIpc) is 3.08. The van der Waals surface area contributed by atoms with E-state index in [0.29, 0.717) is 6.42 Å². The van der Waals surface area contributed by atoms with Gasteiger partial charge in [0, 0.05) is 30.4 Å². The lowest BCUT2D eigenvalue weighted by molar-refractivity contribution is -0.119. The molecule has 2 heterocycles. The van der Waals surface area contributed by atoms with Crippen LogP contribution in [0.1, 0.15) is 30.4 Å². The molecular weight excluding hydrogens is 320 g/mol. The van der Waals surface area contributed by atoms with Crippen LogP contribution >= 0.6 is 11.3 Å². The molecule has 1 aromatic carbocycles. The molecule has 0 bridgehead atoms. The van der Waals surface area contributed by atoms with E-state index < -0.39 is 0 Å². The first kappa shape index (κ1) is 16.5. The molecule has 124 valence electrons. The van der Waals surface area contributed by atoms with E-state index in [0.717, 1.165) is 41.9 Å². The van der Waals surface area contributed by atoms with Crippen molar-refractivity contribution < 1.29 is 9.59 Å². The molecule has 2 aromatic rings. The number of rotatable bonds is 4. The quantitative estimate of drug-likeness (QED) is 0.847. The maximum absolute atomic E-state index is 12.1. The van der Waals surface area contributed by atoms with E-state index >= 15 is 0 Å². The van der Waals surface area contributed by atoms with Crippen LogP contribution in [0.4, 0.5) is 11.4 Å². The number of anilines is 2. The molecule has 1 saturated heterocycles. The number of thiophene rings is 1. The minimum Gasteiger partial charge on any atom is -0.323 e. The predicted molar refractivity (Wildman–Crippen MR) is 99.4 cm³/mol. The zero-order chi connectivity index (χ0) is 16.9. The molecule has 0 atom stereocenters. The maximum Gasteiger partial charge on any atom is 0.248 e. The highest BCUT2D eigenvalue weighted by molar-refractivity contribution is 7.08. The summed E-state index contributed by atoms with van der Waals surface area (Å²) in [7, 11) is 0. The molecule has 1 fully saturated rings. The van der Waals surface area contributed by atoms with Crippen molar-refractivity contribution in [3.63, 3.8) is 0 Å². The third-order valence-corrected chi connectivity index (χ3v) is 4.75. The Hall–Kier alpha value is -2.40. The van der Waals surface area contributed by atoms with E-state index in [1.54, 1.807) is 17.4 Å². The van der Waals surface area contributed by atoms with Crippen LogP contribution in [0.3, 0.4) is 0 Å². The van der Waals surface area contributed by atoms with Crippen LogP contribution in [0.25, 0.3) is 6.08 Å². The largest absolute Gasteiger partial charge is 0.323 e. The van der Waals surface area contributed by atoms with Gasteiger partial charge in [0.1, 0.15) is 0 Å². The van der Waals surface area contributed by atoms with Crippen LogP contribution in [0.5, 0.6) is 0 Å². The lowest BCUT2D eigenvalue weighted by Gasteiger charge is -2.28. The fourth-order valence-corrected chi connectivity index (χ4v) is 3.45. The van der Waals surface area contributed by atoms with Gasteiger partial charge >= 0.3 is 0 Å². The summed E-state index contributed by atoms with van der Waals surface area (Å²) in [6, 6.07) is 7.63. The summed E-state index contributed by atoms with van der Waals surface area (Å²) < 4.78 is 0. The van der Waals surface area contributed by atoms with Crippen molar-refractivity contribution in [1.29, 1.82) is 0 Å². The number of aryl methyl sites for hydroxylation is 1. The van der Waals surface area contributed by atoms with Gasteiger partial charge in [-0.25, -0.2) is 0 Å². The average molecular weight is 340 g/mol. The van der Waals surface area contributed by atoms with E-state index in [2.05, 4.69) is 5.32 Å². The van der Waals surface area contributed by atoms with E-state index in [1.807, 2.05) is 46.8 Å². The number of hydrogen-bond donors (Lipinski definition) is 1. The van der Waals surface area contributed by atoms with Gasteiger partial charge in [0.15, 0.2) is 0 Å². The summed E-state index contributed by atoms with van der Waals surface area (Å²) in [5.41, 5.74) is 3.68. The zero-order valence-corrected chi connectivity index (χ0v) is 14.4. The van der Waals surface area contributed by atoms with Crippen LogP contribution < -0.4 is 10.2 Å². The molecule has 0 saturated carbocycles. The van der Waals surface area contributed by atoms with E-state index in [9.17, 15) is 9.59 Å². The third kappa shape index (κ3) is 3.92. The molecular formula is C19H20N2O2S. The minimum absolute atomic E-state index is 0.164. The van der Waals surface area contributed by atoms with Gasteiger partial charge in [-0.05, 0) is 72.0 Å². The summed E-state index contributed by atoms with van der Waals surface area (Å²) >= 11 is 1.60. The van der Waals surface area contributed by atoms with Crippen LogP contribution in [-0.4, -0.2) is 18.4 Å². The van der Waals surface area contributed by atoms with Crippen molar-refractivity contribution in [3.05, 3.63) is 52.2 Å². The third-order valence-electron chi connectivity index (χ3n) is 4.05. The number of piperidine rings is 1. The fraction of sp³-hybridized carbons (Fsp3) is 0.263. The number of amides is 2. The van der Waals surface area contributed by atoms with Gasteiger partial charge < -0.3 is 10.2 Å². The number of carbonyl (C=O) groups excluding carboxylic acids is 2. The molecule has 2 amide bonds. The molecule has 0 radical (unpaired) electrons. The second kappa shape index (κ2) is 7.45. The number of nitrogens with one attached hydrogen (secondary N) is 1. The lowest BCUT2D eigenvalue weighted by atomic mass is 10.1. The topological polar surface area (TPSA) is 49.4 Å². The second-order valence-electron chi connectivity index (χ2n) is 5.88. The van der Waals surface area contributed by atoms with Gasteiger partial charge in [-0.15, -0.1) is 0 Å². The van der Waals surface area contributed by atoms with Crippen molar-refractivity contribution in [1.82, 2.24) is 0 Å². The Balaban J connectivity index is 1.68. The van der Waals surface area contributed by atoms with E-state index in [-0.39, 0.29) is 11.8 Å². The van der Waals surface area contributed by atoms with Gasteiger partial charge in [-0.3, -0.25) is 9.59 Å². The Morgan fingerprint density at radius 3 is 2.88 bits per heavy atom. The highest BCUT2D eigenvalue weighted by atomic mass is 32.1. The van der Waals surface area contributed by atoms with Gasteiger partial charge in [0.25, 0.3) is 0 Å². The zero-order valence-electron chi connectivity index (χ0n) is 13.6. The molecule has 0 aliphatic carbocycles. The molecule has 1 N–H and O–H groups in total. The SMILES string of the molecule is Cc1cc(NC(=O)/C=C/c2ccsc2)ccc1N1CCCCC1=O.